The molecule has 0 aromatic heterocycles. The highest BCUT2D eigenvalue weighted by molar-refractivity contribution is 5.87. The van der Waals surface area contributed by atoms with Gasteiger partial charge in [0.1, 0.15) is 0 Å². The summed E-state index contributed by atoms with van der Waals surface area (Å²) in [6, 6.07) is 6.70. The molecule has 1 aliphatic rings. The Hall–Kier alpha value is -1.88. The van der Waals surface area contributed by atoms with Gasteiger partial charge in [-0.3, -0.25) is 10.1 Å². The number of carbonyl (C=O) groups excluding carboxylic acids is 1. The van der Waals surface area contributed by atoms with E-state index in [9.17, 15) is 9.59 Å². The number of hydrogen-bond donors (Lipinski definition) is 3. The summed E-state index contributed by atoms with van der Waals surface area (Å²) in [6.45, 7) is 5.02. The zero-order valence-corrected chi connectivity index (χ0v) is 14.6. The number of carbonyl (C=O) groups is 2. The second-order valence-corrected chi connectivity index (χ2v) is 7.19. The number of amides is 1. The maximum Gasteiger partial charge on any atom is 0.335 e. The molecule has 0 atom stereocenters. The van der Waals surface area contributed by atoms with Crippen LogP contribution in [-0.2, 0) is 11.3 Å². The molecule has 1 aromatic carbocycles. The van der Waals surface area contributed by atoms with Crippen molar-refractivity contribution in [1.82, 2.24) is 10.6 Å². The summed E-state index contributed by atoms with van der Waals surface area (Å²) in [7, 11) is 0. The van der Waals surface area contributed by atoms with Gasteiger partial charge in [0.25, 0.3) is 0 Å². The molecule has 0 radical (unpaired) electrons. The number of rotatable bonds is 7. The van der Waals surface area contributed by atoms with Gasteiger partial charge in [-0.05, 0) is 50.3 Å². The van der Waals surface area contributed by atoms with E-state index in [4.69, 9.17) is 5.11 Å². The number of hydrogen-bond acceptors (Lipinski definition) is 3. The summed E-state index contributed by atoms with van der Waals surface area (Å²) in [4.78, 5) is 23.3. The molecule has 2 rings (SSSR count). The fourth-order valence-electron chi connectivity index (χ4n) is 3.02. The van der Waals surface area contributed by atoms with E-state index in [1.165, 1.54) is 32.1 Å². The molecule has 0 saturated heterocycles. The predicted octanol–water partition coefficient (Wildman–Crippen LogP) is 2.95. The monoisotopic (exact) mass is 332 g/mol. The van der Waals surface area contributed by atoms with Crippen LogP contribution in [-0.4, -0.2) is 29.1 Å². The molecule has 0 aliphatic heterocycles. The lowest BCUT2D eigenvalue weighted by Crippen LogP contribution is -2.53. The van der Waals surface area contributed by atoms with Crippen molar-refractivity contribution in [1.29, 1.82) is 0 Å². The Balaban J connectivity index is 1.80. The molecule has 0 unspecified atom stereocenters. The lowest BCUT2D eigenvalue weighted by Gasteiger charge is -2.28. The van der Waals surface area contributed by atoms with E-state index in [1.807, 2.05) is 13.8 Å². The molecular formula is C19H28N2O3. The maximum absolute atomic E-state index is 12.4. The number of carboxylic acids is 1. The molecule has 1 fully saturated rings. The fraction of sp³-hybridized carbons (Fsp3) is 0.579. The van der Waals surface area contributed by atoms with Crippen LogP contribution in [0.15, 0.2) is 24.3 Å². The summed E-state index contributed by atoms with van der Waals surface area (Å²) in [5.41, 5.74) is 0.552. The second kappa shape index (κ2) is 8.29. The first kappa shape index (κ1) is 18.5. The van der Waals surface area contributed by atoms with E-state index in [0.29, 0.717) is 12.5 Å². The first-order valence-corrected chi connectivity index (χ1v) is 8.74. The van der Waals surface area contributed by atoms with Crippen LogP contribution in [0.3, 0.4) is 0 Å². The summed E-state index contributed by atoms with van der Waals surface area (Å²) in [5, 5.41) is 15.2. The summed E-state index contributed by atoms with van der Waals surface area (Å²) in [6.07, 6.45) is 6.29. The molecule has 132 valence electrons. The minimum Gasteiger partial charge on any atom is -0.478 e. The normalized spacial score (nSPS) is 15.9. The van der Waals surface area contributed by atoms with E-state index >= 15 is 0 Å². The molecule has 3 N–H and O–H groups in total. The van der Waals surface area contributed by atoms with Crippen LogP contribution in [0.4, 0.5) is 0 Å². The fourth-order valence-corrected chi connectivity index (χ4v) is 3.02. The highest BCUT2D eigenvalue weighted by atomic mass is 16.4. The summed E-state index contributed by atoms with van der Waals surface area (Å²) >= 11 is 0. The van der Waals surface area contributed by atoms with Crippen molar-refractivity contribution in [3.8, 4) is 0 Å². The van der Waals surface area contributed by atoms with Crippen LogP contribution in [0.25, 0.3) is 0 Å². The molecule has 1 amide bonds. The third-order valence-corrected chi connectivity index (χ3v) is 4.78. The zero-order chi connectivity index (χ0) is 17.6. The van der Waals surface area contributed by atoms with Crippen molar-refractivity contribution in [2.24, 2.45) is 5.92 Å². The molecule has 5 nitrogen and oxygen atoms in total. The van der Waals surface area contributed by atoms with Crippen molar-refractivity contribution < 1.29 is 14.7 Å². The standard InChI is InChI=1S/C19H28N2O3/c1-19(2,18(24)20-12-14-6-4-3-5-7-14)21-13-15-8-10-16(11-9-15)17(22)23/h8-11,14,21H,3-7,12-13H2,1-2H3,(H,20,24)(H,22,23). The summed E-state index contributed by atoms with van der Waals surface area (Å²) < 4.78 is 0. The van der Waals surface area contributed by atoms with Gasteiger partial charge >= 0.3 is 5.97 Å². The van der Waals surface area contributed by atoms with E-state index in [0.717, 1.165) is 12.1 Å². The SMILES string of the molecule is CC(C)(NCc1ccc(C(=O)O)cc1)C(=O)NCC1CCCCC1. The smallest absolute Gasteiger partial charge is 0.335 e. The molecule has 1 aliphatic carbocycles. The molecular weight excluding hydrogens is 304 g/mol. The van der Waals surface area contributed by atoms with Gasteiger partial charge in [-0.25, -0.2) is 4.79 Å². The third kappa shape index (κ3) is 5.34. The molecule has 1 aromatic rings. The lowest BCUT2D eigenvalue weighted by atomic mass is 9.89. The van der Waals surface area contributed by atoms with Gasteiger partial charge in [0, 0.05) is 13.1 Å². The zero-order valence-electron chi connectivity index (χ0n) is 14.6. The van der Waals surface area contributed by atoms with Gasteiger partial charge in [-0.2, -0.15) is 0 Å². The topological polar surface area (TPSA) is 78.4 Å². The average molecular weight is 332 g/mol. The van der Waals surface area contributed by atoms with Crippen molar-refractivity contribution >= 4 is 11.9 Å². The quantitative estimate of drug-likeness (QED) is 0.717. The van der Waals surface area contributed by atoms with Crippen molar-refractivity contribution in [2.45, 2.75) is 58.0 Å². The van der Waals surface area contributed by atoms with Crippen LogP contribution in [0.1, 0.15) is 61.9 Å². The Labute approximate surface area is 143 Å². The summed E-state index contributed by atoms with van der Waals surface area (Å²) in [5.74, 6) is -0.311. The molecule has 5 heteroatoms. The first-order chi connectivity index (χ1) is 11.4. The van der Waals surface area contributed by atoms with Crippen molar-refractivity contribution in [3.05, 3.63) is 35.4 Å². The maximum atomic E-state index is 12.4. The van der Waals surface area contributed by atoms with Crippen molar-refractivity contribution in [3.63, 3.8) is 0 Å². The second-order valence-electron chi connectivity index (χ2n) is 7.19. The Kier molecular flexibility index (Phi) is 6.37. The largest absolute Gasteiger partial charge is 0.478 e. The Morgan fingerprint density at radius 3 is 2.33 bits per heavy atom. The molecule has 0 heterocycles. The predicted molar refractivity (Wildman–Crippen MR) is 93.9 cm³/mol. The Morgan fingerprint density at radius 2 is 1.75 bits per heavy atom. The number of nitrogens with one attached hydrogen (secondary N) is 2. The Morgan fingerprint density at radius 1 is 1.12 bits per heavy atom. The van der Waals surface area contributed by atoms with Gasteiger partial charge < -0.3 is 10.4 Å². The van der Waals surface area contributed by atoms with E-state index in [-0.39, 0.29) is 11.5 Å². The van der Waals surface area contributed by atoms with Crippen LogP contribution in [0.2, 0.25) is 0 Å². The van der Waals surface area contributed by atoms with Gasteiger partial charge in [-0.1, -0.05) is 31.4 Å². The highest BCUT2D eigenvalue weighted by Gasteiger charge is 2.27. The van der Waals surface area contributed by atoms with Gasteiger partial charge in [0.2, 0.25) is 5.91 Å². The van der Waals surface area contributed by atoms with Crippen LogP contribution >= 0.6 is 0 Å². The first-order valence-electron chi connectivity index (χ1n) is 8.74. The highest BCUT2D eigenvalue weighted by Crippen LogP contribution is 2.22. The van der Waals surface area contributed by atoms with E-state index in [2.05, 4.69) is 10.6 Å². The molecule has 24 heavy (non-hydrogen) atoms. The number of aromatic carboxylic acids is 1. The van der Waals surface area contributed by atoms with Gasteiger partial charge in [-0.15, -0.1) is 0 Å². The van der Waals surface area contributed by atoms with E-state index in [1.54, 1.807) is 24.3 Å². The molecule has 0 spiro atoms. The van der Waals surface area contributed by atoms with Crippen LogP contribution in [0.5, 0.6) is 0 Å². The Bertz CT molecular complexity index is 560. The number of benzene rings is 1. The minimum absolute atomic E-state index is 0.00947. The average Bonchev–Trinajstić information content (AvgIpc) is 2.59. The van der Waals surface area contributed by atoms with Gasteiger partial charge in [0.05, 0.1) is 11.1 Å². The van der Waals surface area contributed by atoms with E-state index < -0.39 is 11.5 Å². The van der Waals surface area contributed by atoms with Gasteiger partial charge in [0.15, 0.2) is 0 Å². The lowest BCUT2D eigenvalue weighted by molar-refractivity contribution is -0.126. The third-order valence-electron chi connectivity index (χ3n) is 4.78. The number of carboxylic acid groups (broad SMARTS) is 1. The van der Waals surface area contributed by atoms with Crippen molar-refractivity contribution in [2.75, 3.05) is 6.54 Å². The van der Waals surface area contributed by atoms with Crippen LogP contribution in [0, 0.1) is 5.92 Å². The van der Waals surface area contributed by atoms with Crippen LogP contribution < -0.4 is 10.6 Å². The minimum atomic E-state index is -0.933. The molecule has 1 saturated carbocycles. The molecule has 0 bridgehead atoms.